The minimum atomic E-state index is 0.0360. The second kappa shape index (κ2) is 10.5. The largest absolute Gasteiger partial charge is 0.493 e. The molecule has 0 aliphatic carbocycles. The molecule has 3 aromatic rings. The second-order valence-electron chi connectivity index (χ2n) is 6.60. The van der Waals surface area contributed by atoms with E-state index in [4.69, 9.17) is 9.47 Å². The first-order valence-electron chi connectivity index (χ1n) is 9.51. The first-order valence-corrected chi connectivity index (χ1v) is 9.51. The highest BCUT2D eigenvalue weighted by Gasteiger charge is 2.11. The molecule has 0 radical (unpaired) electrons. The Morgan fingerprint density at radius 3 is 1.82 bits per heavy atom. The molecule has 5 nitrogen and oxygen atoms in total. The molecular weight excluding hydrogens is 352 g/mol. The SMILES string of the molecule is Cc1nc(CCOCc2ccccc2)nc(O)c1CCOCc1ccccc1. The first kappa shape index (κ1) is 20.0. The fraction of sp³-hybridized carbons (Fsp3) is 0.304. The van der Waals surface area contributed by atoms with E-state index in [9.17, 15) is 5.11 Å². The zero-order valence-electron chi connectivity index (χ0n) is 16.2. The van der Waals surface area contributed by atoms with Crippen LogP contribution in [0.5, 0.6) is 5.88 Å². The van der Waals surface area contributed by atoms with E-state index in [2.05, 4.69) is 9.97 Å². The van der Waals surface area contributed by atoms with E-state index >= 15 is 0 Å². The zero-order valence-corrected chi connectivity index (χ0v) is 16.2. The Labute approximate surface area is 166 Å². The lowest BCUT2D eigenvalue weighted by Gasteiger charge is -2.10. The quantitative estimate of drug-likeness (QED) is 0.540. The monoisotopic (exact) mass is 378 g/mol. The summed E-state index contributed by atoms with van der Waals surface area (Å²) < 4.78 is 11.4. The van der Waals surface area contributed by atoms with Crippen LogP contribution in [0.4, 0.5) is 0 Å². The molecule has 0 atom stereocenters. The molecule has 146 valence electrons. The fourth-order valence-corrected chi connectivity index (χ4v) is 2.91. The van der Waals surface area contributed by atoms with Gasteiger partial charge in [0.15, 0.2) is 0 Å². The van der Waals surface area contributed by atoms with Gasteiger partial charge in [-0.25, -0.2) is 4.98 Å². The van der Waals surface area contributed by atoms with Crippen molar-refractivity contribution in [3.05, 3.63) is 88.9 Å². The van der Waals surface area contributed by atoms with Crippen LogP contribution >= 0.6 is 0 Å². The van der Waals surface area contributed by atoms with Crippen LogP contribution in [0.3, 0.4) is 0 Å². The van der Waals surface area contributed by atoms with Crippen LogP contribution in [0, 0.1) is 6.92 Å². The zero-order chi connectivity index (χ0) is 19.6. The Bertz CT molecular complexity index is 831. The Kier molecular flexibility index (Phi) is 7.53. The van der Waals surface area contributed by atoms with E-state index < -0.39 is 0 Å². The predicted octanol–water partition coefficient (Wildman–Crippen LogP) is 4.01. The van der Waals surface area contributed by atoms with Crippen molar-refractivity contribution in [1.29, 1.82) is 0 Å². The lowest BCUT2D eigenvalue weighted by Crippen LogP contribution is -2.08. The molecule has 5 heteroatoms. The Morgan fingerprint density at radius 2 is 1.29 bits per heavy atom. The van der Waals surface area contributed by atoms with E-state index in [0.29, 0.717) is 45.1 Å². The van der Waals surface area contributed by atoms with E-state index in [1.54, 1.807) is 0 Å². The topological polar surface area (TPSA) is 64.5 Å². The lowest BCUT2D eigenvalue weighted by molar-refractivity contribution is 0.121. The third-order valence-corrected chi connectivity index (χ3v) is 4.43. The summed E-state index contributed by atoms with van der Waals surface area (Å²) >= 11 is 0. The average molecular weight is 378 g/mol. The molecule has 3 rings (SSSR count). The van der Waals surface area contributed by atoms with E-state index in [0.717, 1.165) is 22.4 Å². The number of rotatable bonds is 10. The van der Waals surface area contributed by atoms with E-state index in [1.807, 2.05) is 67.6 Å². The Hall–Kier alpha value is -2.76. The molecule has 0 saturated carbocycles. The highest BCUT2D eigenvalue weighted by atomic mass is 16.5. The van der Waals surface area contributed by atoms with Gasteiger partial charge in [0.2, 0.25) is 5.88 Å². The van der Waals surface area contributed by atoms with Crippen molar-refractivity contribution in [3.63, 3.8) is 0 Å². The maximum absolute atomic E-state index is 10.3. The smallest absolute Gasteiger partial charge is 0.217 e. The summed E-state index contributed by atoms with van der Waals surface area (Å²) in [4.78, 5) is 8.73. The van der Waals surface area contributed by atoms with Gasteiger partial charge in [-0.3, -0.25) is 0 Å². The van der Waals surface area contributed by atoms with Crippen LogP contribution in [0.25, 0.3) is 0 Å². The number of hydrogen-bond acceptors (Lipinski definition) is 5. The van der Waals surface area contributed by atoms with Crippen molar-refractivity contribution in [1.82, 2.24) is 9.97 Å². The predicted molar refractivity (Wildman–Crippen MR) is 108 cm³/mol. The number of aromatic nitrogens is 2. The summed E-state index contributed by atoms with van der Waals surface area (Å²) in [5.41, 5.74) is 3.79. The maximum atomic E-state index is 10.3. The van der Waals surface area contributed by atoms with Gasteiger partial charge in [0.25, 0.3) is 0 Å². The molecule has 0 saturated heterocycles. The normalized spacial score (nSPS) is 10.9. The summed E-state index contributed by atoms with van der Waals surface area (Å²) in [7, 11) is 0. The van der Waals surface area contributed by atoms with Gasteiger partial charge in [0.05, 0.1) is 26.4 Å². The second-order valence-corrected chi connectivity index (χ2v) is 6.60. The maximum Gasteiger partial charge on any atom is 0.217 e. The van der Waals surface area contributed by atoms with Gasteiger partial charge in [0.1, 0.15) is 5.82 Å². The summed E-state index contributed by atoms with van der Waals surface area (Å²) in [6.07, 6.45) is 1.14. The number of hydrogen-bond donors (Lipinski definition) is 1. The molecule has 0 bridgehead atoms. The van der Waals surface area contributed by atoms with Gasteiger partial charge in [0, 0.05) is 24.1 Å². The van der Waals surface area contributed by atoms with Gasteiger partial charge >= 0.3 is 0 Å². The van der Waals surface area contributed by atoms with Crippen molar-refractivity contribution in [2.75, 3.05) is 13.2 Å². The molecule has 1 aromatic heterocycles. The molecule has 0 unspecified atom stereocenters. The average Bonchev–Trinajstić information content (AvgIpc) is 2.72. The van der Waals surface area contributed by atoms with Crippen LogP contribution in [0.2, 0.25) is 0 Å². The lowest BCUT2D eigenvalue weighted by atomic mass is 10.1. The minimum absolute atomic E-state index is 0.0360. The molecule has 28 heavy (non-hydrogen) atoms. The van der Waals surface area contributed by atoms with Crippen LogP contribution in [0.15, 0.2) is 60.7 Å². The van der Waals surface area contributed by atoms with Crippen LogP contribution in [-0.2, 0) is 35.5 Å². The molecule has 1 N–H and O–H groups in total. The molecule has 2 aromatic carbocycles. The first-order chi connectivity index (χ1) is 13.7. The number of benzene rings is 2. The van der Waals surface area contributed by atoms with Gasteiger partial charge < -0.3 is 14.6 Å². The summed E-state index contributed by atoms with van der Waals surface area (Å²) in [6, 6.07) is 20.0. The fourth-order valence-electron chi connectivity index (χ4n) is 2.91. The number of ether oxygens (including phenoxy) is 2. The number of aryl methyl sites for hydroxylation is 1. The highest BCUT2D eigenvalue weighted by Crippen LogP contribution is 2.18. The molecule has 0 aliphatic rings. The molecule has 0 amide bonds. The molecule has 0 aliphatic heterocycles. The van der Waals surface area contributed by atoms with Gasteiger partial charge in [-0.05, 0) is 18.1 Å². The van der Waals surface area contributed by atoms with Crippen molar-refractivity contribution in [3.8, 4) is 5.88 Å². The Balaban J connectivity index is 1.44. The van der Waals surface area contributed by atoms with Crippen molar-refractivity contribution >= 4 is 0 Å². The van der Waals surface area contributed by atoms with Crippen LogP contribution in [-0.4, -0.2) is 28.3 Å². The highest BCUT2D eigenvalue weighted by molar-refractivity contribution is 5.29. The van der Waals surface area contributed by atoms with Crippen LogP contribution < -0.4 is 0 Å². The third-order valence-electron chi connectivity index (χ3n) is 4.43. The van der Waals surface area contributed by atoms with Crippen molar-refractivity contribution < 1.29 is 14.6 Å². The molecule has 1 heterocycles. The van der Waals surface area contributed by atoms with Crippen molar-refractivity contribution in [2.24, 2.45) is 0 Å². The summed E-state index contributed by atoms with van der Waals surface area (Å²) in [5.74, 6) is 0.630. The van der Waals surface area contributed by atoms with Gasteiger partial charge in [-0.15, -0.1) is 0 Å². The van der Waals surface area contributed by atoms with Crippen molar-refractivity contribution in [2.45, 2.75) is 33.0 Å². The van der Waals surface area contributed by atoms with E-state index in [-0.39, 0.29) is 5.88 Å². The van der Waals surface area contributed by atoms with Gasteiger partial charge in [-0.2, -0.15) is 4.98 Å². The molecule has 0 fully saturated rings. The summed E-state index contributed by atoms with van der Waals surface area (Å²) in [6.45, 7) is 4.02. The number of aromatic hydroxyl groups is 1. The minimum Gasteiger partial charge on any atom is -0.493 e. The van der Waals surface area contributed by atoms with E-state index in [1.165, 1.54) is 0 Å². The third kappa shape index (κ3) is 6.15. The van der Waals surface area contributed by atoms with Crippen LogP contribution in [0.1, 0.15) is 28.2 Å². The standard InChI is InChI=1S/C23H26N2O3/c1-18-21(12-14-27-16-19-8-4-2-5-9-19)23(26)25-22(24-18)13-15-28-17-20-10-6-3-7-11-20/h2-11H,12-17H2,1H3,(H,24,25,26). The van der Waals surface area contributed by atoms with Gasteiger partial charge in [-0.1, -0.05) is 60.7 Å². The number of nitrogens with zero attached hydrogens (tertiary/aromatic N) is 2. The Morgan fingerprint density at radius 1 is 0.750 bits per heavy atom. The molecular formula is C23H26N2O3. The summed E-state index contributed by atoms with van der Waals surface area (Å²) in [5, 5.41) is 10.3. The molecule has 0 spiro atoms.